The number of rotatable bonds is 6. The molecule has 0 aliphatic heterocycles. The van der Waals surface area contributed by atoms with Gasteiger partial charge in [-0.15, -0.1) is 0 Å². The predicted octanol–water partition coefficient (Wildman–Crippen LogP) is 4.37. The summed E-state index contributed by atoms with van der Waals surface area (Å²) in [5.74, 6) is -2.50. The minimum Gasteiger partial charge on any atom is -0.449 e. The van der Waals surface area contributed by atoms with Crippen molar-refractivity contribution in [1.29, 1.82) is 0 Å². The Morgan fingerprint density at radius 3 is 2.44 bits per heavy atom. The Morgan fingerprint density at radius 1 is 1.22 bits per heavy atom. The lowest BCUT2D eigenvalue weighted by atomic mass is 10.2. The molecule has 166 valence electrons. The van der Waals surface area contributed by atoms with Crippen LogP contribution < -0.4 is 5.32 Å². The fourth-order valence-electron chi connectivity index (χ4n) is 2.87. The first-order chi connectivity index (χ1) is 15.1. The van der Waals surface area contributed by atoms with Crippen LogP contribution in [0.25, 0.3) is 5.69 Å². The molecule has 11 heteroatoms. The number of hydrogen-bond donors (Lipinski definition) is 1. The van der Waals surface area contributed by atoms with Gasteiger partial charge in [0.05, 0.1) is 32.6 Å². The first kappa shape index (κ1) is 22.9. The van der Waals surface area contributed by atoms with Gasteiger partial charge < -0.3 is 10.1 Å². The summed E-state index contributed by atoms with van der Waals surface area (Å²) >= 11 is 6.16. The van der Waals surface area contributed by atoms with Crippen molar-refractivity contribution in [1.82, 2.24) is 9.78 Å². The number of amides is 1. The van der Waals surface area contributed by atoms with Gasteiger partial charge in [0, 0.05) is 11.8 Å². The molecule has 0 aliphatic carbocycles. The van der Waals surface area contributed by atoms with Gasteiger partial charge in [0.15, 0.2) is 6.10 Å². The minimum absolute atomic E-state index is 0.00102. The molecule has 1 unspecified atom stereocenters. The van der Waals surface area contributed by atoms with Gasteiger partial charge in [-0.2, -0.15) is 9.49 Å². The molecule has 1 amide bonds. The lowest BCUT2D eigenvalue weighted by Crippen LogP contribution is -2.30. The van der Waals surface area contributed by atoms with E-state index in [1.807, 2.05) is 6.92 Å². The number of anilines is 1. The number of halogens is 2. The van der Waals surface area contributed by atoms with Crippen molar-refractivity contribution in [2.24, 2.45) is 0 Å². The van der Waals surface area contributed by atoms with Crippen molar-refractivity contribution < 1.29 is 23.6 Å². The number of nitro benzene ring substituents is 1. The molecule has 0 radical (unpaired) electrons. The molecule has 1 N–H and O–H groups in total. The molecule has 1 heterocycles. The highest BCUT2D eigenvalue weighted by Gasteiger charge is 2.21. The average molecular weight is 461 g/mol. The number of nitrogens with one attached hydrogen (secondary N) is 1. The number of nitro groups is 1. The van der Waals surface area contributed by atoms with E-state index in [0.29, 0.717) is 16.4 Å². The van der Waals surface area contributed by atoms with E-state index < -0.39 is 34.4 Å². The van der Waals surface area contributed by atoms with Crippen LogP contribution in [0.2, 0.25) is 5.02 Å². The summed E-state index contributed by atoms with van der Waals surface area (Å²) in [6, 6.07) is 9.28. The second-order valence-electron chi connectivity index (χ2n) is 6.90. The van der Waals surface area contributed by atoms with Gasteiger partial charge >= 0.3 is 11.7 Å². The summed E-state index contributed by atoms with van der Waals surface area (Å²) in [4.78, 5) is 34.6. The summed E-state index contributed by atoms with van der Waals surface area (Å²) in [6.07, 6.45) is -1.21. The minimum atomic E-state index is -1.21. The summed E-state index contributed by atoms with van der Waals surface area (Å²) in [7, 11) is 0. The number of nitrogens with zero attached hydrogens (tertiary/aromatic N) is 3. The van der Waals surface area contributed by atoms with Gasteiger partial charge in [-0.05, 0) is 57.2 Å². The maximum Gasteiger partial charge on any atom is 0.338 e. The Hall–Kier alpha value is -3.79. The van der Waals surface area contributed by atoms with Gasteiger partial charge in [0.25, 0.3) is 5.91 Å². The fourth-order valence-corrected chi connectivity index (χ4v) is 2.99. The number of aromatic nitrogens is 2. The molecule has 3 aromatic rings. The predicted molar refractivity (Wildman–Crippen MR) is 115 cm³/mol. The van der Waals surface area contributed by atoms with Crippen LogP contribution in [-0.4, -0.2) is 32.7 Å². The van der Waals surface area contributed by atoms with E-state index in [1.165, 1.54) is 25.1 Å². The largest absolute Gasteiger partial charge is 0.449 e. The van der Waals surface area contributed by atoms with Crippen LogP contribution in [0.3, 0.4) is 0 Å². The third kappa shape index (κ3) is 4.75. The molecular weight excluding hydrogens is 443 g/mol. The highest BCUT2D eigenvalue weighted by molar-refractivity contribution is 6.31. The number of esters is 1. The number of carbonyl (C=O) groups is 2. The van der Waals surface area contributed by atoms with E-state index in [2.05, 4.69) is 10.4 Å². The van der Waals surface area contributed by atoms with E-state index in [0.717, 1.165) is 17.8 Å². The number of carbonyl (C=O) groups excluding carboxylic acids is 2. The maximum absolute atomic E-state index is 13.4. The van der Waals surface area contributed by atoms with Crippen LogP contribution in [0.1, 0.15) is 28.7 Å². The Labute approximate surface area is 186 Å². The first-order valence-corrected chi connectivity index (χ1v) is 9.74. The van der Waals surface area contributed by atoms with Gasteiger partial charge in [0.2, 0.25) is 5.82 Å². The highest BCUT2D eigenvalue weighted by Crippen LogP contribution is 2.23. The Kier molecular flexibility index (Phi) is 6.54. The number of benzene rings is 2. The molecule has 32 heavy (non-hydrogen) atoms. The number of aryl methyl sites for hydroxylation is 1. The average Bonchev–Trinajstić information content (AvgIpc) is 3.02. The van der Waals surface area contributed by atoms with Crippen molar-refractivity contribution in [2.45, 2.75) is 26.9 Å². The highest BCUT2D eigenvalue weighted by atomic mass is 35.5. The molecule has 1 atom stereocenters. The lowest BCUT2D eigenvalue weighted by molar-refractivity contribution is -0.387. The topological polar surface area (TPSA) is 116 Å². The van der Waals surface area contributed by atoms with Crippen LogP contribution in [0.4, 0.5) is 15.8 Å². The van der Waals surface area contributed by atoms with E-state index in [4.69, 9.17) is 16.3 Å². The second kappa shape index (κ2) is 9.15. The zero-order valence-electron chi connectivity index (χ0n) is 17.3. The molecule has 1 aromatic heterocycles. The van der Waals surface area contributed by atoms with E-state index >= 15 is 0 Å². The zero-order chi connectivity index (χ0) is 23.6. The summed E-state index contributed by atoms with van der Waals surface area (Å²) in [5, 5.41) is 18.1. The Bertz CT molecular complexity index is 1210. The van der Waals surface area contributed by atoms with Crippen molar-refractivity contribution in [3.8, 4) is 5.69 Å². The molecule has 2 aromatic carbocycles. The van der Waals surface area contributed by atoms with Crippen molar-refractivity contribution in [2.75, 3.05) is 5.32 Å². The summed E-state index contributed by atoms with van der Waals surface area (Å²) in [6.45, 7) is 4.95. The molecule has 0 saturated heterocycles. The molecule has 9 nitrogen and oxygen atoms in total. The molecular formula is C21H18ClFN4O5. The molecule has 0 spiro atoms. The first-order valence-electron chi connectivity index (χ1n) is 9.36. The number of hydrogen-bond acceptors (Lipinski definition) is 6. The van der Waals surface area contributed by atoms with Crippen molar-refractivity contribution in [3.05, 3.63) is 80.4 Å². The van der Waals surface area contributed by atoms with E-state index in [-0.39, 0.29) is 11.3 Å². The van der Waals surface area contributed by atoms with Gasteiger partial charge in [-0.3, -0.25) is 14.9 Å². The Morgan fingerprint density at radius 2 is 1.88 bits per heavy atom. The van der Waals surface area contributed by atoms with Crippen LogP contribution in [-0.2, 0) is 9.53 Å². The standard InChI is InChI=1S/C21H18ClFN4O5/c1-11-19(22)12(2)26(25-11)16-7-4-14(5-8-16)21(29)32-13(3)20(28)24-15-6-9-17(23)18(10-15)27(30)31/h4-10,13H,1-3H3,(H,24,28). The maximum atomic E-state index is 13.4. The number of ether oxygens (including phenoxy) is 1. The van der Waals surface area contributed by atoms with Crippen molar-refractivity contribution in [3.63, 3.8) is 0 Å². The third-order valence-corrected chi connectivity index (χ3v) is 5.16. The fraction of sp³-hybridized carbons (Fsp3) is 0.190. The normalized spacial score (nSPS) is 11.7. The molecule has 0 aliphatic rings. The van der Waals surface area contributed by atoms with Gasteiger partial charge in [-0.1, -0.05) is 11.6 Å². The SMILES string of the molecule is Cc1nn(-c2ccc(C(=O)OC(C)C(=O)Nc3ccc(F)c([N+](=O)[O-])c3)cc2)c(C)c1Cl. The third-order valence-electron chi connectivity index (χ3n) is 4.61. The second-order valence-corrected chi connectivity index (χ2v) is 7.28. The summed E-state index contributed by atoms with van der Waals surface area (Å²) in [5.41, 5.74) is 1.55. The van der Waals surface area contributed by atoms with Crippen LogP contribution >= 0.6 is 11.6 Å². The van der Waals surface area contributed by atoms with Crippen LogP contribution in [0.15, 0.2) is 42.5 Å². The van der Waals surface area contributed by atoms with Crippen LogP contribution in [0.5, 0.6) is 0 Å². The van der Waals surface area contributed by atoms with E-state index in [9.17, 15) is 24.1 Å². The summed E-state index contributed by atoms with van der Waals surface area (Å²) < 4.78 is 20.2. The molecule has 0 saturated carbocycles. The van der Waals surface area contributed by atoms with E-state index in [1.54, 1.807) is 23.7 Å². The Balaban J connectivity index is 1.66. The quantitative estimate of drug-likeness (QED) is 0.331. The zero-order valence-corrected chi connectivity index (χ0v) is 18.0. The monoisotopic (exact) mass is 460 g/mol. The van der Waals surface area contributed by atoms with Gasteiger partial charge in [0.1, 0.15) is 0 Å². The molecule has 0 bridgehead atoms. The molecule has 0 fully saturated rings. The van der Waals surface area contributed by atoms with Crippen molar-refractivity contribution >= 4 is 34.9 Å². The smallest absolute Gasteiger partial charge is 0.338 e. The van der Waals surface area contributed by atoms with Gasteiger partial charge in [-0.25, -0.2) is 9.48 Å². The van der Waals surface area contributed by atoms with Crippen LogP contribution in [0, 0.1) is 29.8 Å². The lowest BCUT2D eigenvalue weighted by Gasteiger charge is -2.14. The molecule has 3 rings (SSSR count).